The first-order valence-electron chi connectivity index (χ1n) is 25.6. The number of piperidine rings is 2. The molecular formula is C56H86F2N7O4+. The van der Waals surface area contributed by atoms with Crippen LogP contribution in [0.2, 0.25) is 0 Å². The van der Waals surface area contributed by atoms with Gasteiger partial charge in [-0.15, -0.1) is 0 Å². The maximum absolute atomic E-state index is 13.0. The summed E-state index contributed by atoms with van der Waals surface area (Å²) in [6, 6.07) is 13.3. The van der Waals surface area contributed by atoms with Gasteiger partial charge >= 0.3 is 5.90 Å². The minimum Gasteiger partial charge on any atom is -0.447 e. The number of aromatic nitrogens is 3. The Balaban J connectivity index is 0.000000331. The molecule has 8 rings (SSSR count). The van der Waals surface area contributed by atoms with E-state index in [-0.39, 0.29) is 17.7 Å². The number of halogens is 2. The van der Waals surface area contributed by atoms with Gasteiger partial charge in [0, 0.05) is 56.0 Å². The molecule has 69 heavy (non-hydrogen) atoms. The maximum Gasteiger partial charge on any atom is 0.383 e. The van der Waals surface area contributed by atoms with Gasteiger partial charge in [-0.2, -0.15) is 4.58 Å². The average molecular weight is 959 g/mol. The molecule has 3 aliphatic heterocycles. The highest BCUT2D eigenvalue weighted by Crippen LogP contribution is 2.26. The molecule has 3 fully saturated rings. The zero-order chi connectivity index (χ0) is 51.5. The number of fused-ring (bicyclic) bond motifs is 1. The van der Waals surface area contributed by atoms with Crippen LogP contribution >= 0.6 is 0 Å². The van der Waals surface area contributed by atoms with Gasteiger partial charge < -0.3 is 14.2 Å². The molecule has 2 N–H and O–H groups in total. The molecule has 0 spiro atoms. The summed E-state index contributed by atoms with van der Waals surface area (Å²) >= 11 is 0. The number of carbonyl (C=O) groups is 3. The highest BCUT2D eigenvalue weighted by Gasteiger charge is 2.32. The Kier molecular flexibility index (Phi) is 28.0. The molecule has 1 saturated carbocycles. The Morgan fingerprint density at radius 2 is 1.43 bits per heavy atom. The number of amides is 3. The quantitative estimate of drug-likeness (QED) is 0.133. The Hall–Kier alpha value is -5.46. The van der Waals surface area contributed by atoms with Crippen LogP contribution in [0.5, 0.6) is 0 Å². The lowest BCUT2D eigenvalue weighted by Crippen LogP contribution is -2.33. The van der Waals surface area contributed by atoms with Crippen molar-refractivity contribution in [2.24, 2.45) is 18.9 Å². The van der Waals surface area contributed by atoms with Gasteiger partial charge in [0.25, 0.3) is 5.91 Å². The standard InChI is InChI=1S/C21H21N5O2.C12H15F2N.C7H16.C5H7NO2.C5H10.C4H10.C2H6/c1-12-6-7-16-18(8-12)26(4)21(23-16)24-19(27)14-9-13(2)22-17(10-14)15-11-25(3)20(15)28-5;1-9-2-4-15(5-3-9)12-7-10(13)6-11(14)8-12;1-4-5-6-7(2)3;7-4-2-1-3-5(8)6-4;1-2-4-5-3-1;1-3-4-2;1-2/h6-11H,1-5H3;6-9H,2-5H2,1H3;7H,4-6H2,1-3H3;1-3H2,(H,6,7,8);1-5H2;3-4H2,1-2H3;1-2H3/p+1. The van der Waals surface area contributed by atoms with Crippen molar-refractivity contribution in [3.8, 4) is 0 Å². The van der Waals surface area contributed by atoms with Crippen molar-refractivity contribution >= 4 is 51.9 Å². The minimum absolute atomic E-state index is 0.138. The Morgan fingerprint density at radius 3 is 1.90 bits per heavy atom. The Morgan fingerprint density at radius 1 is 0.855 bits per heavy atom. The van der Waals surface area contributed by atoms with E-state index in [1.807, 2.05) is 80.2 Å². The fourth-order valence-electron chi connectivity index (χ4n) is 7.56. The number of carbonyl (C=O) groups excluding carboxylic acids is 3. The van der Waals surface area contributed by atoms with Crippen molar-refractivity contribution in [2.75, 3.05) is 37.5 Å². The smallest absolute Gasteiger partial charge is 0.383 e. The SMILES string of the molecule is C1CCCC1.CC.CC1CCN(c2cc(F)cc(F)c2)CC1.CCCC.CCCCC(C)C.COC1=[N+](C)C=C1c1cc(C(=O)Nc2nc3ccc(C)cc3n2C)cc(C)n1.O=C1CCCC(=O)N1. The summed E-state index contributed by atoms with van der Waals surface area (Å²) in [5.41, 5.74) is 6.50. The van der Waals surface area contributed by atoms with Gasteiger partial charge in [-0.1, -0.05) is 126 Å². The molecule has 0 atom stereocenters. The fraction of sp³-hybridized carbons (Fsp3) is 0.571. The van der Waals surface area contributed by atoms with Crippen LogP contribution in [-0.4, -0.2) is 70.0 Å². The molecule has 1 aliphatic carbocycles. The first-order chi connectivity index (χ1) is 33.0. The van der Waals surface area contributed by atoms with Gasteiger partial charge in [0.05, 0.1) is 23.8 Å². The van der Waals surface area contributed by atoms with Crippen molar-refractivity contribution in [1.29, 1.82) is 0 Å². The van der Waals surface area contributed by atoms with Crippen molar-refractivity contribution in [3.63, 3.8) is 0 Å². The van der Waals surface area contributed by atoms with Crippen LogP contribution in [-0.2, 0) is 21.4 Å². The van der Waals surface area contributed by atoms with Crippen molar-refractivity contribution in [2.45, 2.75) is 166 Å². The van der Waals surface area contributed by atoms with Crippen molar-refractivity contribution in [3.05, 3.63) is 88.9 Å². The lowest BCUT2D eigenvalue weighted by Gasteiger charge is -2.32. The van der Waals surface area contributed by atoms with E-state index in [4.69, 9.17) is 4.74 Å². The van der Waals surface area contributed by atoms with Gasteiger partial charge in [-0.25, -0.2) is 13.8 Å². The van der Waals surface area contributed by atoms with Crippen LogP contribution in [0.3, 0.4) is 0 Å². The Bertz CT molecular complexity index is 2210. The van der Waals surface area contributed by atoms with Gasteiger partial charge in [0.2, 0.25) is 17.8 Å². The van der Waals surface area contributed by atoms with E-state index in [9.17, 15) is 23.2 Å². The molecule has 2 saturated heterocycles. The number of nitrogens with zero attached hydrogens (tertiary/aromatic N) is 5. The van der Waals surface area contributed by atoms with E-state index < -0.39 is 11.6 Å². The number of rotatable bonds is 8. The first-order valence-corrected chi connectivity index (χ1v) is 25.6. The number of benzene rings is 2. The van der Waals surface area contributed by atoms with Gasteiger partial charge in [0.15, 0.2) is 11.8 Å². The molecule has 13 heteroatoms. The summed E-state index contributed by atoms with van der Waals surface area (Å²) < 4.78 is 35.1. The molecule has 2 aromatic carbocycles. The lowest BCUT2D eigenvalue weighted by molar-refractivity contribution is -0.440. The molecule has 0 unspecified atom stereocenters. The zero-order valence-corrected chi connectivity index (χ0v) is 44.5. The van der Waals surface area contributed by atoms with E-state index in [1.54, 1.807) is 19.2 Å². The van der Waals surface area contributed by atoms with Crippen LogP contribution in [0.25, 0.3) is 16.6 Å². The number of aryl methyl sites for hydroxylation is 3. The zero-order valence-electron chi connectivity index (χ0n) is 44.5. The van der Waals surface area contributed by atoms with Gasteiger partial charge in [0.1, 0.15) is 18.7 Å². The van der Waals surface area contributed by atoms with Gasteiger partial charge in [-0.05, 0) is 86.9 Å². The molecule has 4 aromatic rings. The van der Waals surface area contributed by atoms with E-state index in [1.165, 1.54) is 76.3 Å². The summed E-state index contributed by atoms with van der Waals surface area (Å²) in [4.78, 5) is 44.7. The van der Waals surface area contributed by atoms with Crippen LogP contribution in [0.4, 0.5) is 20.4 Å². The molecule has 2 aromatic heterocycles. The number of pyridine rings is 1. The van der Waals surface area contributed by atoms with Crippen LogP contribution in [0.1, 0.15) is 179 Å². The molecular weight excluding hydrogens is 873 g/mol. The second-order valence-corrected chi connectivity index (χ2v) is 18.4. The van der Waals surface area contributed by atoms with Crippen LogP contribution in [0.15, 0.2) is 54.7 Å². The van der Waals surface area contributed by atoms with Gasteiger partial charge in [-0.3, -0.25) is 30.0 Å². The summed E-state index contributed by atoms with van der Waals surface area (Å²) in [5, 5.41) is 5.12. The molecule has 382 valence electrons. The fourth-order valence-corrected chi connectivity index (χ4v) is 7.56. The molecule has 0 bridgehead atoms. The monoisotopic (exact) mass is 959 g/mol. The third kappa shape index (κ3) is 21.4. The summed E-state index contributed by atoms with van der Waals surface area (Å²) in [7, 11) is 5.41. The van der Waals surface area contributed by atoms with Crippen LogP contribution in [0, 0.1) is 37.3 Å². The highest BCUT2D eigenvalue weighted by molar-refractivity contribution is 6.19. The lowest BCUT2D eigenvalue weighted by atomic mass is 9.99. The molecule has 3 amide bonds. The predicted octanol–water partition coefficient (Wildman–Crippen LogP) is 13.5. The molecule has 4 aliphatic rings. The number of imidazole rings is 1. The number of methoxy groups -OCH3 is 1. The van der Waals surface area contributed by atoms with E-state index in [2.05, 4.69) is 62.1 Å². The molecule has 0 radical (unpaired) electrons. The maximum atomic E-state index is 13.0. The number of ether oxygens (including phenoxy) is 1. The highest BCUT2D eigenvalue weighted by atomic mass is 19.1. The predicted molar refractivity (Wildman–Crippen MR) is 282 cm³/mol. The summed E-state index contributed by atoms with van der Waals surface area (Å²) in [5.74, 6) is 1.37. The number of hydrogen-bond acceptors (Lipinski definition) is 7. The van der Waals surface area contributed by atoms with Crippen molar-refractivity contribution < 1.29 is 32.5 Å². The van der Waals surface area contributed by atoms with E-state index in [0.717, 1.165) is 77.6 Å². The first kappa shape index (κ1) is 59.7. The third-order valence-corrected chi connectivity index (χ3v) is 11.8. The second-order valence-electron chi connectivity index (χ2n) is 18.4. The second kappa shape index (κ2) is 32.4. The third-order valence-electron chi connectivity index (χ3n) is 11.8. The number of unbranched alkanes of at least 4 members (excludes halogenated alkanes) is 2. The largest absolute Gasteiger partial charge is 0.447 e. The normalized spacial score (nSPS) is 15.1. The number of nitrogens with one attached hydrogen (secondary N) is 2. The summed E-state index contributed by atoms with van der Waals surface area (Å²) in [6.45, 7) is 23.0. The topological polar surface area (TPSA) is 121 Å². The average Bonchev–Trinajstić information content (AvgIpc) is 4.01. The van der Waals surface area contributed by atoms with E-state index >= 15 is 0 Å². The summed E-state index contributed by atoms with van der Waals surface area (Å²) in [6.07, 6.45) is 20.1. The number of hydrogen-bond donors (Lipinski definition) is 2. The number of anilines is 2. The number of imide groups is 1. The van der Waals surface area contributed by atoms with E-state index in [0.29, 0.717) is 42.2 Å². The minimum atomic E-state index is -0.497. The Labute approximate surface area is 413 Å². The molecule has 5 heterocycles. The van der Waals surface area contributed by atoms with Crippen LogP contribution < -0.4 is 15.5 Å². The van der Waals surface area contributed by atoms with Crippen molar-refractivity contribution in [1.82, 2.24) is 19.9 Å². The molecule has 11 nitrogen and oxygen atoms in total.